The number of nitrogens with zero attached hydrogens (tertiary/aromatic N) is 3. The van der Waals surface area contributed by atoms with Gasteiger partial charge in [-0.1, -0.05) is 30.3 Å². The lowest BCUT2D eigenvalue weighted by molar-refractivity contribution is -0.137. The number of nitriles is 1. The summed E-state index contributed by atoms with van der Waals surface area (Å²) in [4.78, 5) is 28.8. The summed E-state index contributed by atoms with van der Waals surface area (Å²) in [5.41, 5.74) is 0.235. The number of halogens is 2. The first kappa shape index (κ1) is 29.8. The van der Waals surface area contributed by atoms with Crippen molar-refractivity contribution in [3.05, 3.63) is 35.9 Å². The molecule has 9 nitrogen and oxygen atoms in total. The second kappa shape index (κ2) is 12.9. The van der Waals surface area contributed by atoms with Crippen molar-refractivity contribution in [3.63, 3.8) is 0 Å². The Morgan fingerprint density at radius 1 is 1.29 bits per heavy atom. The molecule has 1 aromatic carbocycles. The fraction of sp³-hybridized carbons (Fsp3) is 0.654. The molecule has 38 heavy (non-hydrogen) atoms. The van der Waals surface area contributed by atoms with Crippen molar-refractivity contribution in [2.45, 2.75) is 75.9 Å². The van der Waals surface area contributed by atoms with E-state index in [1.807, 2.05) is 32.0 Å². The van der Waals surface area contributed by atoms with Crippen molar-refractivity contribution in [1.82, 2.24) is 15.1 Å². The van der Waals surface area contributed by atoms with E-state index >= 15 is 0 Å². The maximum absolute atomic E-state index is 13.7. The number of alkyl carbamates (subject to hydrolysis) is 1. The number of hydrogen-bond acceptors (Lipinski definition) is 7. The summed E-state index contributed by atoms with van der Waals surface area (Å²) in [6.07, 6.45) is 0.324. The lowest BCUT2D eigenvalue weighted by Gasteiger charge is -2.37. The van der Waals surface area contributed by atoms with Gasteiger partial charge < -0.3 is 25.0 Å². The zero-order valence-corrected chi connectivity index (χ0v) is 22.0. The van der Waals surface area contributed by atoms with Crippen LogP contribution in [0.15, 0.2) is 30.3 Å². The minimum Gasteiger partial charge on any atom is -0.444 e. The Kier molecular flexibility index (Phi) is 10.1. The largest absolute Gasteiger partial charge is 0.475 e. The van der Waals surface area contributed by atoms with Gasteiger partial charge >= 0.3 is 13.2 Å². The van der Waals surface area contributed by atoms with E-state index in [1.54, 1.807) is 17.0 Å². The van der Waals surface area contributed by atoms with Gasteiger partial charge in [-0.15, -0.1) is 0 Å². The van der Waals surface area contributed by atoms with E-state index in [4.69, 9.17) is 4.74 Å². The van der Waals surface area contributed by atoms with Gasteiger partial charge in [0.15, 0.2) is 0 Å². The molecule has 1 aromatic rings. The van der Waals surface area contributed by atoms with E-state index in [2.05, 4.69) is 11.4 Å². The maximum Gasteiger partial charge on any atom is 0.475 e. The normalized spacial score (nSPS) is 21.3. The average Bonchev–Trinajstić information content (AvgIpc) is 3.25. The number of ether oxygens (including phenoxy) is 1. The molecular weight excluding hydrogens is 497 g/mol. The standard InChI is InChI=1S/C26H37BF2N4O5/c1-25(2,33-14-12-26(28,29)18-33)11-10-20(16-30)23(34)32-13-6-9-21(17-32)38-24(35)31-22(27(36)37)15-19-7-4-3-5-8-19/h3-5,7-8,20-22,36-37H,6,9-15,17-18H2,1-2H3,(H,31,35)/t20?,21-,22-/m0/s1. The predicted molar refractivity (Wildman–Crippen MR) is 137 cm³/mol. The molecular formula is C26H37BF2N4O5. The number of carbonyl (C=O) groups excluding carboxylic acids is 2. The molecule has 0 bridgehead atoms. The van der Waals surface area contributed by atoms with Crippen LogP contribution in [-0.4, -0.2) is 88.7 Å². The van der Waals surface area contributed by atoms with Crippen molar-refractivity contribution in [1.29, 1.82) is 5.26 Å². The van der Waals surface area contributed by atoms with E-state index in [9.17, 15) is 33.7 Å². The van der Waals surface area contributed by atoms with Gasteiger partial charge in [0.05, 0.1) is 25.1 Å². The molecule has 3 rings (SSSR count). The van der Waals surface area contributed by atoms with Crippen LogP contribution in [0.4, 0.5) is 13.6 Å². The zero-order chi connectivity index (χ0) is 27.9. The van der Waals surface area contributed by atoms with Crippen molar-refractivity contribution in [3.8, 4) is 6.07 Å². The molecule has 2 fully saturated rings. The Bertz CT molecular complexity index is 992. The molecule has 0 saturated carbocycles. The fourth-order valence-corrected chi connectivity index (χ4v) is 5.04. The third kappa shape index (κ3) is 8.38. The molecule has 1 unspecified atom stereocenters. The third-order valence-corrected chi connectivity index (χ3v) is 7.45. The molecule has 2 saturated heterocycles. The molecule has 0 spiro atoms. The van der Waals surface area contributed by atoms with E-state index in [1.165, 1.54) is 4.90 Å². The quantitative estimate of drug-likeness (QED) is 0.394. The van der Waals surface area contributed by atoms with Crippen LogP contribution in [0.1, 0.15) is 51.5 Å². The fourth-order valence-electron chi connectivity index (χ4n) is 5.04. The van der Waals surface area contributed by atoms with E-state index in [0.717, 1.165) is 5.56 Å². The summed E-state index contributed by atoms with van der Waals surface area (Å²) >= 11 is 0. The number of rotatable bonds is 10. The SMILES string of the molecule is CC(C)(CCC(C#N)C(=O)N1CCC[C@H](OC(=O)N[C@@H](Cc2ccccc2)B(O)O)C1)N1CCC(F)(F)C1. The molecule has 3 N–H and O–H groups in total. The lowest BCUT2D eigenvalue weighted by atomic mass is 9.76. The van der Waals surface area contributed by atoms with Crippen molar-refractivity contribution < 1.29 is 33.2 Å². The second-order valence-corrected chi connectivity index (χ2v) is 10.9. The Morgan fingerprint density at radius 2 is 2.00 bits per heavy atom. The summed E-state index contributed by atoms with van der Waals surface area (Å²) in [6, 6.07) is 11.1. The van der Waals surface area contributed by atoms with Gasteiger partial charge in [-0.3, -0.25) is 9.69 Å². The van der Waals surface area contributed by atoms with E-state index in [0.29, 0.717) is 25.8 Å². The van der Waals surface area contributed by atoms with Crippen LogP contribution in [0.25, 0.3) is 0 Å². The first-order valence-corrected chi connectivity index (χ1v) is 13.1. The summed E-state index contributed by atoms with van der Waals surface area (Å²) in [6.45, 7) is 4.20. The Labute approximate surface area is 222 Å². The number of hydrogen-bond donors (Lipinski definition) is 3. The molecule has 2 aliphatic rings. The molecule has 12 heteroatoms. The monoisotopic (exact) mass is 534 g/mol. The Morgan fingerprint density at radius 3 is 2.61 bits per heavy atom. The number of likely N-dealkylation sites (tertiary alicyclic amines) is 2. The summed E-state index contributed by atoms with van der Waals surface area (Å²) in [7, 11) is -1.79. The molecule has 2 heterocycles. The second-order valence-electron chi connectivity index (χ2n) is 10.9. The van der Waals surface area contributed by atoms with Crippen LogP contribution >= 0.6 is 0 Å². The number of nitrogens with one attached hydrogen (secondary N) is 1. The van der Waals surface area contributed by atoms with Crippen LogP contribution in [0, 0.1) is 17.2 Å². The van der Waals surface area contributed by atoms with Gasteiger partial charge in [-0.05, 0) is 51.5 Å². The number of piperidine rings is 1. The molecule has 2 amide bonds. The van der Waals surface area contributed by atoms with Gasteiger partial charge in [0.1, 0.15) is 12.0 Å². The summed E-state index contributed by atoms with van der Waals surface area (Å²) in [5.74, 6) is -4.98. The van der Waals surface area contributed by atoms with Crippen LogP contribution < -0.4 is 5.32 Å². The topological polar surface area (TPSA) is 126 Å². The predicted octanol–water partition coefficient (Wildman–Crippen LogP) is 2.37. The maximum atomic E-state index is 13.7. The zero-order valence-electron chi connectivity index (χ0n) is 22.0. The van der Waals surface area contributed by atoms with Crippen LogP contribution in [-0.2, 0) is 16.0 Å². The number of carbonyl (C=O) groups is 2. The van der Waals surface area contributed by atoms with Crippen LogP contribution in [0.5, 0.6) is 0 Å². The molecule has 0 aromatic heterocycles. The van der Waals surface area contributed by atoms with Gasteiger partial charge in [0.25, 0.3) is 5.92 Å². The molecule has 0 aliphatic carbocycles. The van der Waals surface area contributed by atoms with Crippen molar-refractivity contribution >= 4 is 19.1 Å². The molecule has 3 atom stereocenters. The van der Waals surface area contributed by atoms with Crippen LogP contribution in [0.2, 0.25) is 0 Å². The van der Waals surface area contributed by atoms with Gasteiger partial charge in [0, 0.05) is 25.0 Å². The summed E-state index contributed by atoms with van der Waals surface area (Å²) in [5, 5.41) is 31.6. The Hall–Kier alpha value is -2.75. The average molecular weight is 534 g/mol. The van der Waals surface area contributed by atoms with Crippen molar-refractivity contribution in [2.24, 2.45) is 5.92 Å². The minimum atomic E-state index is -2.71. The summed E-state index contributed by atoms with van der Waals surface area (Å²) < 4.78 is 32.8. The first-order chi connectivity index (χ1) is 17.9. The highest BCUT2D eigenvalue weighted by atomic mass is 19.3. The Balaban J connectivity index is 1.51. The number of benzene rings is 1. The highest BCUT2D eigenvalue weighted by Gasteiger charge is 2.44. The van der Waals surface area contributed by atoms with Crippen LogP contribution in [0.3, 0.4) is 0 Å². The number of alkyl halides is 2. The first-order valence-electron chi connectivity index (χ1n) is 13.1. The van der Waals surface area contributed by atoms with Crippen molar-refractivity contribution in [2.75, 3.05) is 26.2 Å². The van der Waals surface area contributed by atoms with E-state index < -0.39 is 42.6 Å². The molecule has 0 radical (unpaired) electrons. The lowest BCUT2D eigenvalue weighted by Crippen LogP contribution is -2.51. The number of amides is 2. The van der Waals surface area contributed by atoms with E-state index in [-0.39, 0.29) is 44.8 Å². The van der Waals surface area contributed by atoms with Gasteiger partial charge in [0.2, 0.25) is 5.91 Å². The molecule has 208 valence electrons. The minimum absolute atomic E-state index is 0.122. The highest BCUT2D eigenvalue weighted by Crippen LogP contribution is 2.34. The highest BCUT2D eigenvalue weighted by molar-refractivity contribution is 6.43. The van der Waals surface area contributed by atoms with Gasteiger partial charge in [-0.25, -0.2) is 13.6 Å². The third-order valence-electron chi connectivity index (χ3n) is 7.45. The molecule has 2 aliphatic heterocycles. The van der Waals surface area contributed by atoms with Gasteiger partial charge in [-0.2, -0.15) is 5.26 Å². The smallest absolute Gasteiger partial charge is 0.444 e.